The zero-order chi connectivity index (χ0) is 24.3. The summed E-state index contributed by atoms with van der Waals surface area (Å²) in [6, 6.07) is 5.41. The van der Waals surface area contributed by atoms with Gasteiger partial charge in [0.25, 0.3) is 11.7 Å². The molecule has 2 amide bonds. The lowest BCUT2D eigenvalue weighted by atomic mass is 10.0. The minimum absolute atomic E-state index is 0.00710. The molecule has 0 aliphatic rings. The summed E-state index contributed by atoms with van der Waals surface area (Å²) in [6.07, 6.45) is 0. The molecule has 0 spiro atoms. The lowest BCUT2D eigenvalue weighted by Gasteiger charge is -2.27. The average Bonchev–Trinajstić information content (AvgIpc) is 3.21. The van der Waals surface area contributed by atoms with Gasteiger partial charge >= 0.3 is 17.4 Å². The lowest BCUT2D eigenvalue weighted by molar-refractivity contribution is -0.140. The summed E-state index contributed by atoms with van der Waals surface area (Å²) < 4.78 is 19.2. The molecular weight excluding hydrogens is 439 g/mol. The molecular formula is C20H21FN6O6. The van der Waals surface area contributed by atoms with E-state index in [4.69, 9.17) is 4.42 Å². The van der Waals surface area contributed by atoms with E-state index >= 15 is 0 Å². The highest BCUT2D eigenvalue weighted by Gasteiger charge is 2.33. The van der Waals surface area contributed by atoms with Gasteiger partial charge in [0, 0.05) is 20.5 Å². The van der Waals surface area contributed by atoms with Crippen LogP contribution in [0.1, 0.15) is 52.3 Å². The highest BCUT2D eigenvalue weighted by atomic mass is 19.1. The number of benzene rings is 1. The maximum atomic E-state index is 13.1. The number of carbonyl (C=O) groups is 2. The third kappa shape index (κ3) is 5.03. The Bertz CT molecular complexity index is 1250. The van der Waals surface area contributed by atoms with Gasteiger partial charge < -0.3 is 19.9 Å². The Morgan fingerprint density at radius 1 is 1.21 bits per heavy atom. The fraction of sp³-hybridized carbons (Fsp3) is 0.300. The van der Waals surface area contributed by atoms with Crippen LogP contribution in [0.4, 0.5) is 4.39 Å². The van der Waals surface area contributed by atoms with Crippen LogP contribution in [-0.2, 0) is 19.1 Å². The zero-order valence-electron chi connectivity index (χ0n) is 18.2. The Morgan fingerprint density at radius 2 is 1.88 bits per heavy atom. The third-order valence-corrected chi connectivity index (χ3v) is 4.63. The fourth-order valence-corrected chi connectivity index (χ4v) is 3.03. The Morgan fingerprint density at radius 3 is 2.45 bits per heavy atom. The lowest BCUT2D eigenvalue weighted by Crippen LogP contribution is -2.46. The molecule has 0 saturated heterocycles. The second-order valence-electron chi connectivity index (χ2n) is 7.58. The average molecular weight is 460 g/mol. The van der Waals surface area contributed by atoms with Crippen LogP contribution >= 0.6 is 0 Å². The molecule has 13 heteroatoms. The maximum absolute atomic E-state index is 13.1. The minimum Gasteiger partial charge on any atom is -0.417 e. The van der Waals surface area contributed by atoms with E-state index in [1.165, 1.54) is 52.1 Å². The molecule has 3 aromatic rings. The van der Waals surface area contributed by atoms with E-state index in [0.717, 1.165) is 4.57 Å². The number of carbonyl (C=O) groups excluding carboxylic acids is 2. The van der Waals surface area contributed by atoms with Crippen molar-refractivity contribution in [1.29, 1.82) is 0 Å². The summed E-state index contributed by atoms with van der Waals surface area (Å²) >= 11 is 0. The first-order chi connectivity index (χ1) is 15.5. The molecule has 1 aromatic carbocycles. The molecule has 0 aliphatic carbocycles. The molecule has 0 radical (unpaired) electrons. The summed E-state index contributed by atoms with van der Waals surface area (Å²) in [4.78, 5) is 46.3. The van der Waals surface area contributed by atoms with E-state index in [-0.39, 0.29) is 24.2 Å². The first kappa shape index (κ1) is 23.5. The smallest absolute Gasteiger partial charge is 0.309 e. The maximum Gasteiger partial charge on any atom is 0.309 e. The van der Waals surface area contributed by atoms with E-state index in [1.54, 1.807) is 0 Å². The molecule has 0 unspecified atom stereocenters. The van der Waals surface area contributed by atoms with Gasteiger partial charge in [0.2, 0.25) is 5.89 Å². The highest BCUT2D eigenvalue weighted by molar-refractivity contribution is 5.95. The van der Waals surface area contributed by atoms with Gasteiger partial charge in [-0.05, 0) is 31.5 Å². The Hall–Kier alpha value is -4.13. The molecule has 12 nitrogen and oxygen atoms in total. The van der Waals surface area contributed by atoms with Crippen molar-refractivity contribution < 1.29 is 28.5 Å². The van der Waals surface area contributed by atoms with Crippen molar-refractivity contribution in [3.05, 3.63) is 69.3 Å². The van der Waals surface area contributed by atoms with Crippen molar-refractivity contribution >= 4 is 11.8 Å². The summed E-state index contributed by atoms with van der Waals surface area (Å²) in [5.74, 6) is -2.82. The van der Waals surface area contributed by atoms with Gasteiger partial charge in [0.1, 0.15) is 11.6 Å². The van der Waals surface area contributed by atoms with Crippen LogP contribution < -0.4 is 21.1 Å². The van der Waals surface area contributed by atoms with Crippen LogP contribution in [0, 0.1) is 12.7 Å². The number of halogens is 1. The first-order valence-corrected chi connectivity index (χ1v) is 9.61. The second kappa shape index (κ2) is 9.16. The minimum atomic E-state index is -1.30. The molecule has 174 valence electrons. The molecule has 3 N–H and O–H groups in total. The number of amides is 2. The molecule has 0 fully saturated rings. The van der Waals surface area contributed by atoms with Gasteiger partial charge in [-0.3, -0.25) is 19.0 Å². The van der Waals surface area contributed by atoms with Crippen LogP contribution in [0.15, 0.2) is 33.5 Å². The standard InChI is InChI=1S/C20H21FN6O6/c1-10-25-26-17(32-10)16(29)24-20(2,3)19-23-13(14(33-31)18(30)27(19)4)15(28)22-9-11-5-7-12(21)8-6-11/h5-8,31H,9H2,1-4H3,(H,22,28)(H,24,29). The Kier molecular flexibility index (Phi) is 6.53. The van der Waals surface area contributed by atoms with Gasteiger partial charge in [-0.25, -0.2) is 14.6 Å². The predicted octanol–water partition coefficient (Wildman–Crippen LogP) is 1.06. The van der Waals surface area contributed by atoms with E-state index in [2.05, 4.69) is 30.7 Å². The van der Waals surface area contributed by atoms with Crippen LogP contribution in [0.2, 0.25) is 0 Å². The topological polar surface area (TPSA) is 161 Å². The van der Waals surface area contributed by atoms with Crippen molar-refractivity contribution in [3.8, 4) is 5.75 Å². The zero-order valence-corrected chi connectivity index (χ0v) is 18.2. The monoisotopic (exact) mass is 460 g/mol. The summed E-state index contributed by atoms with van der Waals surface area (Å²) in [7, 11) is 1.33. The molecule has 3 rings (SSSR count). The molecule has 0 saturated carbocycles. The van der Waals surface area contributed by atoms with Crippen LogP contribution in [0.25, 0.3) is 0 Å². The molecule has 2 heterocycles. The Labute approximate surface area is 186 Å². The number of aryl methyl sites for hydroxylation is 1. The summed E-state index contributed by atoms with van der Waals surface area (Å²) in [5.41, 5.74) is -2.09. The van der Waals surface area contributed by atoms with Crippen molar-refractivity contribution in [2.45, 2.75) is 32.9 Å². The van der Waals surface area contributed by atoms with Gasteiger partial charge in [0.05, 0.1) is 5.54 Å². The van der Waals surface area contributed by atoms with Crippen molar-refractivity contribution in [1.82, 2.24) is 30.4 Å². The Balaban J connectivity index is 1.92. The predicted molar refractivity (Wildman–Crippen MR) is 110 cm³/mol. The van der Waals surface area contributed by atoms with Crippen LogP contribution in [0.3, 0.4) is 0 Å². The number of hydrogen-bond acceptors (Lipinski definition) is 9. The normalized spacial score (nSPS) is 11.2. The summed E-state index contributed by atoms with van der Waals surface area (Å²) in [5, 5.41) is 21.6. The van der Waals surface area contributed by atoms with E-state index in [0.29, 0.717) is 5.56 Å². The van der Waals surface area contributed by atoms with E-state index in [1.807, 2.05) is 0 Å². The summed E-state index contributed by atoms with van der Waals surface area (Å²) in [6.45, 7) is 4.59. The quantitative estimate of drug-likeness (QED) is 0.346. The van der Waals surface area contributed by atoms with Gasteiger partial charge in [-0.2, -0.15) is 0 Å². The number of nitrogens with zero attached hydrogens (tertiary/aromatic N) is 4. The number of hydrogen-bond donors (Lipinski definition) is 3. The van der Waals surface area contributed by atoms with Crippen LogP contribution in [0.5, 0.6) is 5.75 Å². The van der Waals surface area contributed by atoms with Crippen molar-refractivity contribution in [2.24, 2.45) is 7.05 Å². The molecule has 0 aliphatic heterocycles. The number of aromatic nitrogens is 4. The SMILES string of the molecule is Cc1nnc(C(=O)NC(C)(C)c2nc(C(=O)NCc3ccc(F)cc3)c(OO)c(=O)n2C)o1. The number of nitrogens with one attached hydrogen (secondary N) is 2. The largest absolute Gasteiger partial charge is 0.417 e. The van der Waals surface area contributed by atoms with Gasteiger partial charge in [-0.1, -0.05) is 12.1 Å². The van der Waals surface area contributed by atoms with Gasteiger partial charge in [0.15, 0.2) is 5.69 Å². The van der Waals surface area contributed by atoms with E-state index < -0.39 is 40.2 Å². The first-order valence-electron chi connectivity index (χ1n) is 9.61. The molecule has 33 heavy (non-hydrogen) atoms. The van der Waals surface area contributed by atoms with Crippen molar-refractivity contribution in [2.75, 3.05) is 0 Å². The van der Waals surface area contributed by atoms with Gasteiger partial charge in [-0.15, -0.1) is 10.2 Å². The fourth-order valence-electron chi connectivity index (χ4n) is 3.03. The van der Waals surface area contributed by atoms with Crippen LogP contribution in [-0.4, -0.2) is 36.8 Å². The molecule has 0 bridgehead atoms. The second-order valence-corrected chi connectivity index (χ2v) is 7.58. The highest BCUT2D eigenvalue weighted by Crippen LogP contribution is 2.21. The molecule has 2 aromatic heterocycles. The molecule has 0 atom stereocenters. The third-order valence-electron chi connectivity index (χ3n) is 4.63. The van der Waals surface area contributed by atoms with Crippen molar-refractivity contribution in [3.63, 3.8) is 0 Å². The van der Waals surface area contributed by atoms with E-state index in [9.17, 15) is 24.0 Å². The number of rotatable bonds is 7.